The van der Waals surface area contributed by atoms with Gasteiger partial charge in [-0.05, 0) is 44.5 Å². The van der Waals surface area contributed by atoms with Crippen LogP contribution in [-0.2, 0) is 0 Å². The van der Waals surface area contributed by atoms with E-state index in [4.69, 9.17) is 0 Å². The Morgan fingerprint density at radius 2 is 2.08 bits per heavy atom. The first kappa shape index (κ1) is 17.0. The van der Waals surface area contributed by atoms with Crippen molar-refractivity contribution < 1.29 is 0 Å². The van der Waals surface area contributed by atoms with Gasteiger partial charge < -0.3 is 20.0 Å². The second-order valence-corrected chi connectivity index (χ2v) is 6.86. The molecule has 2 fully saturated rings. The quantitative estimate of drug-likeness (QED) is 0.665. The van der Waals surface area contributed by atoms with Crippen molar-refractivity contribution >= 4 is 11.8 Å². The van der Waals surface area contributed by atoms with Crippen LogP contribution in [0.5, 0.6) is 0 Å². The summed E-state index contributed by atoms with van der Waals surface area (Å²) in [5.41, 5.74) is 0. The molecule has 1 aromatic rings. The third-order valence-electron chi connectivity index (χ3n) is 5.04. The third-order valence-corrected chi connectivity index (χ3v) is 5.04. The lowest BCUT2D eigenvalue weighted by Gasteiger charge is -2.38. The molecule has 0 aromatic carbocycles. The van der Waals surface area contributed by atoms with E-state index in [-0.39, 0.29) is 0 Å². The predicted octanol–water partition coefficient (Wildman–Crippen LogP) is 1.12. The molecule has 132 valence electrons. The lowest BCUT2D eigenvalue weighted by molar-refractivity contribution is 0.209. The standard InChI is InChI=1S/C18H30N6/c1-19-18(21-14-16-6-5-9-22(2)15-16)24-12-10-23(11-13-24)17-7-3-4-8-20-17/h3-4,7-8,16H,5-6,9-15H2,1-2H3,(H,19,21). The van der Waals surface area contributed by atoms with Gasteiger partial charge >= 0.3 is 0 Å². The van der Waals surface area contributed by atoms with Gasteiger partial charge in [0.05, 0.1) is 0 Å². The van der Waals surface area contributed by atoms with Gasteiger partial charge in [-0.1, -0.05) is 6.07 Å². The van der Waals surface area contributed by atoms with Crippen molar-refractivity contribution in [1.82, 2.24) is 20.1 Å². The molecule has 2 saturated heterocycles. The second kappa shape index (κ2) is 8.33. The molecule has 1 unspecified atom stereocenters. The second-order valence-electron chi connectivity index (χ2n) is 6.86. The number of piperidine rings is 1. The molecule has 1 N–H and O–H groups in total. The zero-order valence-corrected chi connectivity index (χ0v) is 15.0. The summed E-state index contributed by atoms with van der Waals surface area (Å²) in [7, 11) is 4.11. The minimum atomic E-state index is 0.732. The predicted molar refractivity (Wildman–Crippen MR) is 99.6 cm³/mol. The number of likely N-dealkylation sites (tertiary alicyclic amines) is 1. The maximum absolute atomic E-state index is 4.50. The molecule has 3 heterocycles. The van der Waals surface area contributed by atoms with E-state index < -0.39 is 0 Å². The number of piperazine rings is 1. The molecule has 3 rings (SSSR count). The van der Waals surface area contributed by atoms with Crippen molar-refractivity contribution in [3.05, 3.63) is 24.4 Å². The number of aliphatic imine (C=N–C) groups is 1. The highest BCUT2D eigenvalue weighted by Crippen LogP contribution is 2.15. The van der Waals surface area contributed by atoms with Crippen molar-refractivity contribution in [2.75, 3.05) is 64.8 Å². The van der Waals surface area contributed by atoms with E-state index in [2.05, 4.69) is 49.2 Å². The summed E-state index contributed by atoms with van der Waals surface area (Å²) in [6.45, 7) is 7.41. The molecule has 0 aliphatic carbocycles. The highest BCUT2D eigenvalue weighted by Gasteiger charge is 2.22. The monoisotopic (exact) mass is 330 g/mol. The third kappa shape index (κ3) is 4.38. The Morgan fingerprint density at radius 1 is 1.25 bits per heavy atom. The van der Waals surface area contributed by atoms with Crippen molar-refractivity contribution in [2.45, 2.75) is 12.8 Å². The van der Waals surface area contributed by atoms with Gasteiger partial charge in [0.1, 0.15) is 5.82 Å². The first-order valence-electron chi connectivity index (χ1n) is 9.06. The summed E-state index contributed by atoms with van der Waals surface area (Å²) in [6.07, 6.45) is 4.50. The van der Waals surface area contributed by atoms with Gasteiger partial charge in [-0.2, -0.15) is 0 Å². The van der Waals surface area contributed by atoms with E-state index >= 15 is 0 Å². The Hall–Kier alpha value is -1.82. The van der Waals surface area contributed by atoms with Crippen molar-refractivity contribution in [3.63, 3.8) is 0 Å². The summed E-state index contributed by atoms with van der Waals surface area (Å²) in [4.78, 5) is 16.1. The van der Waals surface area contributed by atoms with Crippen LogP contribution in [0.15, 0.2) is 29.4 Å². The van der Waals surface area contributed by atoms with Crippen molar-refractivity contribution in [2.24, 2.45) is 10.9 Å². The Morgan fingerprint density at radius 3 is 2.75 bits per heavy atom. The normalized spacial score (nSPS) is 23.4. The maximum Gasteiger partial charge on any atom is 0.193 e. The zero-order valence-electron chi connectivity index (χ0n) is 15.0. The minimum Gasteiger partial charge on any atom is -0.356 e. The fourth-order valence-electron chi connectivity index (χ4n) is 3.70. The molecule has 0 amide bonds. The SMILES string of the molecule is CN=C(NCC1CCCN(C)C1)N1CCN(c2ccccn2)CC1. The van der Waals surface area contributed by atoms with Crippen LogP contribution >= 0.6 is 0 Å². The van der Waals surface area contributed by atoms with Crippen LogP contribution < -0.4 is 10.2 Å². The minimum absolute atomic E-state index is 0.732. The molecule has 6 nitrogen and oxygen atoms in total. The van der Waals surface area contributed by atoms with Crippen LogP contribution in [0.4, 0.5) is 5.82 Å². The average molecular weight is 330 g/mol. The number of aromatic nitrogens is 1. The molecule has 0 saturated carbocycles. The van der Waals surface area contributed by atoms with Crippen LogP contribution in [0.25, 0.3) is 0 Å². The molecule has 24 heavy (non-hydrogen) atoms. The molecule has 1 aromatic heterocycles. The van der Waals surface area contributed by atoms with E-state index in [9.17, 15) is 0 Å². The van der Waals surface area contributed by atoms with Crippen LogP contribution in [0.1, 0.15) is 12.8 Å². The Bertz CT molecular complexity index is 524. The van der Waals surface area contributed by atoms with Crippen LogP contribution in [0, 0.1) is 5.92 Å². The van der Waals surface area contributed by atoms with E-state index in [1.165, 1.54) is 25.9 Å². The lowest BCUT2D eigenvalue weighted by atomic mass is 9.98. The average Bonchev–Trinajstić information content (AvgIpc) is 2.64. The summed E-state index contributed by atoms with van der Waals surface area (Å²) in [6, 6.07) is 6.10. The topological polar surface area (TPSA) is 47.0 Å². The number of hydrogen-bond donors (Lipinski definition) is 1. The van der Waals surface area contributed by atoms with E-state index in [0.29, 0.717) is 0 Å². The fourth-order valence-corrected chi connectivity index (χ4v) is 3.70. The van der Waals surface area contributed by atoms with Gasteiger partial charge in [0.25, 0.3) is 0 Å². The molecule has 6 heteroatoms. The highest BCUT2D eigenvalue weighted by atomic mass is 15.4. The number of pyridine rings is 1. The molecule has 0 radical (unpaired) electrons. The maximum atomic E-state index is 4.50. The van der Waals surface area contributed by atoms with Crippen LogP contribution in [-0.4, -0.2) is 80.7 Å². The highest BCUT2D eigenvalue weighted by molar-refractivity contribution is 5.80. The summed E-state index contributed by atoms with van der Waals surface area (Å²) >= 11 is 0. The molecule has 0 bridgehead atoms. The smallest absolute Gasteiger partial charge is 0.193 e. The zero-order chi connectivity index (χ0) is 16.8. The van der Waals surface area contributed by atoms with Crippen LogP contribution in [0.3, 0.4) is 0 Å². The first-order chi connectivity index (χ1) is 11.8. The molecule has 2 aliphatic heterocycles. The Labute approximate surface area is 145 Å². The molecule has 1 atom stereocenters. The van der Waals surface area contributed by atoms with Gasteiger partial charge in [-0.3, -0.25) is 4.99 Å². The van der Waals surface area contributed by atoms with Crippen molar-refractivity contribution in [1.29, 1.82) is 0 Å². The Balaban J connectivity index is 1.47. The number of nitrogens with one attached hydrogen (secondary N) is 1. The lowest BCUT2D eigenvalue weighted by Crippen LogP contribution is -2.53. The number of anilines is 1. The molecular weight excluding hydrogens is 300 g/mol. The Kier molecular flexibility index (Phi) is 5.91. The fraction of sp³-hybridized carbons (Fsp3) is 0.667. The summed E-state index contributed by atoms with van der Waals surface area (Å²) < 4.78 is 0. The van der Waals surface area contributed by atoms with Crippen LogP contribution in [0.2, 0.25) is 0 Å². The number of nitrogens with zero attached hydrogens (tertiary/aromatic N) is 5. The number of guanidine groups is 1. The van der Waals surface area contributed by atoms with Crippen molar-refractivity contribution in [3.8, 4) is 0 Å². The van der Waals surface area contributed by atoms with E-state index in [1.54, 1.807) is 0 Å². The summed E-state index contributed by atoms with van der Waals surface area (Å²) in [5, 5.41) is 3.60. The van der Waals surface area contributed by atoms with Gasteiger partial charge in [-0.25, -0.2) is 4.98 Å². The largest absolute Gasteiger partial charge is 0.356 e. The molecular formula is C18H30N6. The van der Waals surface area contributed by atoms with Gasteiger partial charge in [0.2, 0.25) is 0 Å². The first-order valence-corrected chi connectivity index (χ1v) is 9.06. The molecule has 2 aliphatic rings. The van der Waals surface area contributed by atoms with Gasteiger partial charge in [-0.15, -0.1) is 0 Å². The summed E-state index contributed by atoms with van der Waals surface area (Å²) in [5.74, 6) is 2.85. The number of hydrogen-bond acceptors (Lipinski definition) is 4. The van der Waals surface area contributed by atoms with E-state index in [1.807, 2.05) is 19.3 Å². The van der Waals surface area contributed by atoms with Gasteiger partial charge in [0.15, 0.2) is 5.96 Å². The van der Waals surface area contributed by atoms with Gasteiger partial charge in [0, 0.05) is 52.5 Å². The number of rotatable bonds is 3. The van der Waals surface area contributed by atoms with E-state index in [0.717, 1.165) is 50.4 Å². The molecule has 0 spiro atoms.